The Morgan fingerprint density at radius 2 is 2.27 bits per heavy atom. The van der Waals surface area contributed by atoms with Gasteiger partial charge in [0.05, 0.1) is 13.2 Å². The van der Waals surface area contributed by atoms with Gasteiger partial charge in [-0.25, -0.2) is 0 Å². The first kappa shape index (κ1) is 12.7. The fraction of sp³-hybridized carbons (Fsp3) is 0.833. The molecule has 0 unspecified atom stereocenters. The lowest BCUT2D eigenvalue weighted by atomic mass is 9.69. The third-order valence-corrected chi connectivity index (χ3v) is 2.96. The first-order chi connectivity index (χ1) is 7.08. The summed E-state index contributed by atoms with van der Waals surface area (Å²) in [5.41, 5.74) is 7.05. The number of hydrogen-bond donors (Lipinski definition) is 2. The van der Waals surface area contributed by atoms with Crippen molar-refractivity contribution >= 4 is 0 Å². The van der Waals surface area contributed by atoms with Crippen LogP contribution in [0.25, 0.3) is 0 Å². The molecule has 0 saturated heterocycles. The Bertz CT molecular complexity index is 210. The van der Waals surface area contributed by atoms with Crippen LogP contribution in [0.15, 0.2) is 12.2 Å². The molecule has 3 N–H and O–H groups in total. The zero-order chi connectivity index (χ0) is 11.3. The predicted molar refractivity (Wildman–Crippen MR) is 63.8 cm³/mol. The maximum atomic E-state index is 5.78. The average Bonchev–Trinajstić information content (AvgIpc) is 2.13. The second-order valence-corrected chi connectivity index (χ2v) is 4.93. The molecule has 0 atom stereocenters. The Morgan fingerprint density at radius 3 is 2.73 bits per heavy atom. The lowest BCUT2D eigenvalue weighted by molar-refractivity contribution is 0.0980. The minimum absolute atomic E-state index is 0.200. The van der Waals surface area contributed by atoms with Crippen LogP contribution in [0.1, 0.15) is 26.7 Å². The van der Waals surface area contributed by atoms with E-state index in [1.807, 2.05) is 6.92 Å². The van der Waals surface area contributed by atoms with E-state index >= 15 is 0 Å². The van der Waals surface area contributed by atoms with Crippen LogP contribution in [0.5, 0.6) is 0 Å². The van der Waals surface area contributed by atoms with E-state index in [4.69, 9.17) is 10.5 Å². The monoisotopic (exact) mass is 212 g/mol. The van der Waals surface area contributed by atoms with Gasteiger partial charge in [-0.3, -0.25) is 0 Å². The zero-order valence-electron chi connectivity index (χ0n) is 10.0. The molecule has 15 heavy (non-hydrogen) atoms. The maximum absolute atomic E-state index is 5.78. The Morgan fingerprint density at radius 1 is 1.60 bits per heavy atom. The molecule has 3 heteroatoms. The van der Waals surface area contributed by atoms with Gasteiger partial charge in [0.15, 0.2) is 0 Å². The molecule has 0 bridgehead atoms. The lowest BCUT2D eigenvalue weighted by Gasteiger charge is -2.46. The fourth-order valence-corrected chi connectivity index (χ4v) is 2.29. The Balaban J connectivity index is 2.06. The van der Waals surface area contributed by atoms with E-state index in [0.717, 1.165) is 31.2 Å². The van der Waals surface area contributed by atoms with Crippen LogP contribution in [-0.4, -0.2) is 31.8 Å². The van der Waals surface area contributed by atoms with Gasteiger partial charge in [0.2, 0.25) is 0 Å². The molecular formula is C12H24N2O. The Kier molecular flexibility index (Phi) is 4.77. The molecule has 0 aromatic carbocycles. The second-order valence-electron chi connectivity index (χ2n) is 4.93. The summed E-state index contributed by atoms with van der Waals surface area (Å²) in [5.74, 6) is 0.817. The van der Waals surface area contributed by atoms with Gasteiger partial charge in [-0.15, -0.1) is 0 Å². The van der Waals surface area contributed by atoms with Gasteiger partial charge in [-0.1, -0.05) is 19.1 Å². The standard InChI is InChI=1S/C12H24N2O/c1-10(2)8-15-5-4-14-12(9-13)6-11(3)7-12/h11,14H,1,4-9,13H2,2-3H3. The highest BCUT2D eigenvalue weighted by atomic mass is 16.5. The van der Waals surface area contributed by atoms with E-state index in [0.29, 0.717) is 6.61 Å². The van der Waals surface area contributed by atoms with E-state index in [2.05, 4.69) is 18.8 Å². The summed E-state index contributed by atoms with van der Waals surface area (Å²) in [7, 11) is 0. The summed E-state index contributed by atoms with van der Waals surface area (Å²) in [6, 6.07) is 0. The Hall–Kier alpha value is -0.380. The van der Waals surface area contributed by atoms with Crippen LogP contribution in [0, 0.1) is 5.92 Å². The minimum atomic E-state index is 0.200. The summed E-state index contributed by atoms with van der Waals surface area (Å²) in [6.07, 6.45) is 2.40. The average molecular weight is 212 g/mol. The molecular weight excluding hydrogens is 188 g/mol. The van der Waals surface area contributed by atoms with E-state index in [1.165, 1.54) is 12.8 Å². The van der Waals surface area contributed by atoms with Crippen molar-refractivity contribution in [3.05, 3.63) is 12.2 Å². The van der Waals surface area contributed by atoms with Crippen molar-refractivity contribution in [2.75, 3.05) is 26.3 Å². The van der Waals surface area contributed by atoms with Crippen molar-refractivity contribution in [2.24, 2.45) is 11.7 Å². The molecule has 0 spiro atoms. The lowest BCUT2D eigenvalue weighted by Crippen LogP contribution is -2.60. The number of ether oxygens (including phenoxy) is 1. The van der Waals surface area contributed by atoms with E-state index in [-0.39, 0.29) is 5.54 Å². The number of rotatable bonds is 7. The van der Waals surface area contributed by atoms with Crippen molar-refractivity contribution in [3.63, 3.8) is 0 Å². The van der Waals surface area contributed by atoms with Crippen LogP contribution in [0.3, 0.4) is 0 Å². The van der Waals surface area contributed by atoms with Gasteiger partial charge < -0.3 is 15.8 Å². The van der Waals surface area contributed by atoms with Crippen molar-refractivity contribution < 1.29 is 4.74 Å². The molecule has 3 nitrogen and oxygen atoms in total. The smallest absolute Gasteiger partial charge is 0.0672 e. The Labute approximate surface area is 93.1 Å². The van der Waals surface area contributed by atoms with Crippen molar-refractivity contribution in [3.8, 4) is 0 Å². The summed E-state index contributed by atoms with van der Waals surface area (Å²) in [5, 5.41) is 3.51. The highest BCUT2D eigenvalue weighted by molar-refractivity contribution is 5.00. The first-order valence-electron chi connectivity index (χ1n) is 5.75. The van der Waals surface area contributed by atoms with Crippen molar-refractivity contribution in [1.29, 1.82) is 0 Å². The summed E-state index contributed by atoms with van der Waals surface area (Å²) >= 11 is 0. The van der Waals surface area contributed by atoms with Gasteiger partial charge in [-0.2, -0.15) is 0 Å². The zero-order valence-corrected chi connectivity index (χ0v) is 10.0. The third-order valence-electron chi connectivity index (χ3n) is 2.96. The normalized spacial score (nSPS) is 29.9. The number of nitrogens with one attached hydrogen (secondary N) is 1. The molecule has 1 aliphatic carbocycles. The topological polar surface area (TPSA) is 47.3 Å². The summed E-state index contributed by atoms with van der Waals surface area (Å²) in [4.78, 5) is 0. The molecule has 0 aromatic heterocycles. The predicted octanol–water partition coefficient (Wildman–Crippen LogP) is 1.30. The van der Waals surface area contributed by atoms with Crippen molar-refractivity contribution in [1.82, 2.24) is 5.32 Å². The summed E-state index contributed by atoms with van der Waals surface area (Å²) < 4.78 is 5.43. The highest BCUT2D eigenvalue weighted by Gasteiger charge is 2.39. The van der Waals surface area contributed by atoms with Crippen LogP contribution in [0.2, 0.25) is 0 Å². The van der Waals surface area contributed by atoms with Gasteiger partial charge in [0, 0.05) is 18.6 Å². The van der Waals surface area contributed by atoms with E-state index in [9.17, 15) is 0 Å². The first-order valence-corrected chi connectivity index (χ1v) is 5.75. The van der Waals surface area contributed by atoms with Crippen LogP contribution < -0.4 is 11.1 Å². The molecule has 0 aliphatic heterocycles. The van der Waals surface area contributed by atoms with E-state index in [1.54, 1.807) is 0 Å². The van der Waals surface area contributed by atoms with Gasteiger partial charge >= 0.3 is 0 Å². The molecule has 1 rings (SSSR count). The van der Waals surface area contributed by atoms with Crippen LogP contribution >= 0.6 is 0 Å². The molecule has 1 saturated carbocycles. The molecule has 0 amide bonds. The molecule has 0 radical (unpaired) electrons. The van der Waals surface area contributed by atoms with Gasteiger partial charge in [0.1, 0.15) is 0 Å². The van der Waals surface area contributed by atoms with Crippen LogP contribution in [-0.2, 0) is 4.74 Å². The highest BCUT2D eigenvalue weighted by Crippen LogP contribution is 2.36. The number of nitrogens with two attached hydrogens (primary N) is 1. The summed E-state index contributed by atoms with van der Waals surface area (Å²) in [6.45, 7) is 11.1. The van der Waals surface area contributed by atoms with Crippen molar-refractivity contribution in [2.45, 2.75) is 32.2 Å². The van der Waals surface area contributed by atoms with Gasteiger partial charge in [0.25, 0.3) is 0 Å². The van der Waals surface area contributed by atoms with E-state index < -0.39 is 0 Å². The SMILES string of the molecule is C=C(C)COCCNC1(CN)CC(C)C1. The molecule has 1 fully saturated rings. The van der Waals surface area contributed by atoms with Crippen LogP contribution in [0.4, 0.5) is 0 Å². The molecule has 0 aromatic rings. The minimum Gasteiger partial charge on any atom is -0.376 e. The van der Waals surface area contributed by atoms with Gasteiger partial charge in [-0.05, 0) is 25.7 Å². The molecule has 0 heterocycles. The quantitative estimate of drug-likeness (QED) is 0.494. The number of hydrogen-bond acceptors (Lipinski definition) is 3. The second kappa shape index (κ2) is 5.64. The molecule has 1 aliphatic rings. The molecule has 88 valence electrons. The largest absolute Gasteiger partial charge is 0.376 e. The fourth-order valence-electron chi connectivity index (χ4n) is 2.29. The maximum Gasteiger partial charge on any atom is 0.0672 e. The third kappa shape index (κ3) is 3.93.